The fourth-order valence-electron chi connectivity index (χ4n) is 4.82. The molecular weight excluding hydrogens is 490 g/mol. The van der Waals surface area contributed by atoms with Gasteiger partial charge in [0.05, 0.1) is 35.8 Å². The van der Waals surface area contributed by atoms with Crippen molar-refractivity contribution in [3.63, 3.8) is 0 Å². The van der Waals surface area contributed by atoms with Crippen LogP contribution in [0.1, 0.15) is 57.4 Å². The van der Waals surface area contributed by atoms with Crippen molar-refractivity contribution >= 4 is 16.9 Å². The van der Waals surface area contributed by atoms with E-state index in [1.54, 1.807) is 6.20 Å². The van der Waals surface area contributed by atoms with Gasteiger partial charge in [-0.15, -0.1) is 0 Å². The molecule has 0 amide bonds. The van der Waals surface area contributed by atoms with Crippen LogP contribution in [0.3, 0.4) is 0 Å². The number of anilines is 1. The summed E-state index contributed by atoms with van der Waals surface area (Å²) >= 11 is 0. The second kappa shape index (κ2) is 9.90. The third-order valence-electron chi connectivity index (χ3n) is 7.21. The van der Waals surface area contributed by atoms with E-state index in [9.17, 15) is 13.9 Å². The maximum atomic E-state index is 14.1. The van der Waals surface area contributed by atoms with Crippen molar-refractivity contribution < 1.29 is 18.6 Å². The number of halogens is 2. The Bertz CT molecular complexity index is 1460. The predicted molar refractivity (Wildman–Crippen MR) is 139 cm³/mol. The molecule has 4 heterocycles. The summed E-state index contributed by atoms with van der Waals surface area (Å²) in [5.41, 5.74) is 3.49. The van der Waals surface area contributed by atoms with E-state index in [1.807, 2.05) is 37.0 Å². The van der Waals surface area contributed by atoms with Gasteiger partial charge in [-0.2, -0.15) is 5.10 Å². The molecule has 0 bridgehead atoms. The summed E-state index contributed by atoms with van der Waals surface area (Å²) in [5.74, 6) is -0.503. The topological polar surface area (TPSA) is 89.2 Å². The molecule has 0 radical (unpaired) electrons. The van der Waals surface area contributed by atoms with Gasteiger partial charge in [0, 0.05) is 43.8 Å². The third-order valence-corrected chi connectivity index (χ3v) is 7.21. The second-order valence-corrected chi connectivity index (χ2v) is 10.5. The van der Waals surface area contributed by atoms with E-state index in [0.29, 0.717) is 48.7 Å². The van der Waals surface area contributed by atoms with Crippen LogP contribution in [-0.4, -0.2) is 49.0 Å². The van der Waals surface area contributed by atoms with Gasteiger partial charge in [0.2, 0.25) is 0 Å². The Morgan fingerprint density at radius 3 is 2.50 bits per heavy atom. The van der Waals surface area contributed by atoms with Crippen LogP contribution < -0.4 is 9.64 Å². The number of rotatable bonds is 7. The highest BCUT2D eigenvalue weighted by Crippen LogP contribution is 2.37. The molecule has 2 aliphatic rings. The molecule has 1 aromatic carbocycles. The van der Waals surface area contributed by atoms with E-state index in [2.05, 4.69) is 15.0 Å². The first kappa shape index (κ1) is 24.7. The molecule has 1 aliphatic heterocycles. The highest BCUT2D eigenvalue weighted by molar-refractivity contribution is 5.83. The SMILES string of the molecule is CC(C)C(O)c1cc2nc(-c3cnn(C4CC4)c3)c(N3CCC(Oc4ccc(F)cc4F)CC3)nc2cn1. The normalized spacial score (nSPS) is 17.4. The quantitative estimate of drug-likeness (QED) is 0.357. The average Bonchev–Trinajstić information content (AvgIpc) is 3.65. The number of fused-ring (bicyclic) bond motifs is 1. The molecule has 10 heteroatoms. The van der Waals surface area contributed by atoms with Crippen molar-refractivity contribution in [1.29, 1.82) is 0 Å². The van der Waals surface area contributed by atoms with E-state index in [1.165, 1.54) is 12.1 Å². The van der Waals surface area contributed by atoms with Crippen molar-refractivity contribution in [2.45, 2.75) is 57.8 Å². The van der Waals surface area contributed by atoms with Crippen molar-refractivity contribution in [2.24, 2.45) is 5.92 Å². The summed E-state index contributed by atoms with van der Waals surface area (Å²) in [5, 5.41) is 15.1. The summed E-state index contributed by atoms with van der Waals surface area (Å²) in [4.78, 5) is 16.6. The van der Waals surface area contributed by atoms with E-state index >= 15 is 0 Å². The number of pyridine rings is 1. The molecule has 1 unspecified atom stereocenters. The van der Waals surface area contributed by atoms with Crippen LogP contribution in [0.25, 0.3) is 22.3 Å². The van der Waals surface area contributed by atoms with Crippen LogP contribution in [0, 0.1) is 17.6 Å². The zero-order valence-electron chi connectivity index (χ0n) is 21.4. The van der Waals surface area contributed by atoms with E-state index in [-0.39, 0.29) is 17.8 Å². The van der Waals surface area contributed by atoms with Crippen molar-refractivity contribution in [3.05, 3.63) is 60.2 Å². The minimum atomic E-state index is -0.697. The Labute approximate surface area is 219 Å². The first-order chi connectivity index (χ1) is 18.4. The molecule has 1 atom stereocenters. The molecule has 2 fully saturated rings. The lowest BCUT2D eigenvalue weighted by molar-refractivity contribution is 0.122. The molecule has 6 rings (SSSR count). The lowest BCUT2D eigenvalue weighted by Gasteiger charge is -2.33. The summed E-state index contributed by atoms with van der Waals surface area (Å²) in [7, 11) is 0. The first-order valence-corrected chi connectivity index (χ1v) is 13.1. The van der Waals surface area contributed by atoms with Crippen LogP contribution in [-0.2, 0) is 0 Å². The van der Waals surface area contributed by atoms with Gasteiger partial charge in [0.1, 0.15) is 23.1 Å². The Hall–Kier alpha value is -3.66. The summed E-state index contributed by atoms with van der Waals surface area (Å²) in [6.07, 6.45) is 8.19. The van der Waals surface area contributed by atoms with Crippen molar-refractivity contribution in [2.75, 3.05) is 18.0 Å². The molecule has 4 aromatic rings. The molecule has 0 spiro atoms. The van der Waals surface area contributed by atoms with Gasteiger partial charge in [0.25, 0.3) is 0 Å². The van der Waals surface area contributed by atoms with E-state index in [4.69, 9.17) is 14.7 Å². The maximum Gasteiger partial charge on any atom is 0.167 e. The number of aliphatic hydroxyl groups is 1. The average molecular weight is 521 g/mol. The molecule has 1 aliphatic carbocycles. The number of hydrogen-bond donors (Lipinski definition) is 1. The molecule has 1 saturated carbocycles. The summed E-state index contributed by atoms with van der Waals surface area (Å²) in [6, 6.07) is 5.62. The van der Waals surface area contributed by atoms with Gasteiger partial charge in [-0.05, 0) is 37.0 Å². The molecule has 3 aromatic heterocycles. The number of benzene rings is 1. The van der Waals surface area contributed by atoms with Crippen molar-refractivity contribution in [1.82, 2.24) is 24.7 Å². The van der Waals surface area contributed by atoms with Crippen LogP contribution in [0.5, 0.6) is 5.75 Å². The number of piperidine rings is 1. The lowest BCUT2D eigenvalue weighted by atomic mass is 10.0. The number of nitrogens with zero attached hydrogens (tertiary/aromatic N) is 6. The number of ether oxygens (including phenoxy) is 1. The zero-order valence-corrected chi connectivity index (χ0v) is 21.4. The third kappa shape index (κ3) is 4.92. The second-order valence-electron chi connectivity index (χ2n) is 10.5. The Morgan fingerprint density at radius 1 is 1.00 bits per heavy atom. The summed E-state index contributed by atoms with van der Waals surface area (Å²) < 4.78 is 35.2. The van der Waals surface area contributed by atoms with Crippen molar-refractivity contribution in [3.8, 4) is 17.0 Å². The first-order valence-electron chi connectivity index (χ1n) is 13.1. The van der Waals surface area contributed by atoms with Gasteiger partial charge >= 0.3 is 0 Å². The minimum Gasteiger partial charge on any atom is -0.487 e. The van der Waals surface area contributed by atoms with Crippen LogP contribution in [0.2, 0.25) is 0 Å². The maximum absolute atomic E-state index is 14.1. The van der Waals surface area contributed by atoms with Gasteiger partial charge in [0.15, 0.2) is 17.4 Å². The van der Waals surface area contributed by atoms with Crippen LogP contribution in [0.15, 0.2) is 42.9 Å². The standard InChI is InChI=1S/C28H30F2N6O2/c1-16(2)27(37)23-12-22-24(14-31-23)34-28(26(33-22)17-13-32-36(15-17)19-4-5-19)35-9-7-20(8-10-35)38-25-6-3-18(29)11-21(25)30/h3,6,11-16,19-20,27,37H,4-5,7-10H2,1-2H3. The fourth-order valence-corrected chi connectivity index (χ4v) is 4.82. The van der Waals surface area contributed by atoms with E-state index in [0.717, 1.165) is 36.0 Å². The largest absolute Gasteiger partial charge is 0.487 e. The lowest BCUT2D eigenvalue weighted by Crippen LogP contribution is -2.39. The Morgan fingerprint density at radius 2 is 1.79 bits per heavy atom. The highest BCUT2D eigenvalue weighted by Gasteiger charge is 2.28. The van der Waals surface area contributed by atoms with Crippen LogP contribution in [0.4, 0.5) is 14.6 Å². The van der Waals surface area contributed by atoms with Gasteiger partial charge in [-0.25, -0.2) is 18.7 Å². The zero-order chi connectivity index (χ0) is 26.4. The Kier molecular flexibility index (Phi) is 6.43. The molecular formula is C28H30F2N6O2. The molecule has 198 valence electrons. The minimum absolute atomic E-state index is 0.0234. The predicted octanol–water partition coefficient (Wildman–Crippen LogP) is 5.24. The molecule has 1 saturated heterocycles. The van der Waals surface area contributed by atoms with Gasteiger partial charge in [-0.3, -0.25) is 9.67 Å². The van der Waals surface area contributed by atoms with Gasteiger partial charge < -0.3 is 14.7 Å². The molecule has 38 heavy (non-hydrogen) atoms. The fraction of sp³-hybridized carbons (Fsp3) is 0.429. The Balaban J connectivity index is 1.30. The molecule has 8 nitrogen and oxygen atoms in total. The smallest absolute Gasteiger partial charge is 0.167 e. The highest BCUT2D eigenvalue weighted by atomic mass is 19.1. The summed E-state index contributed by atoms with van der Waals surface area (Å²) in [6.45, 7) is 5.16. The molecule has 1 N–H and O–H groups in total. The van der Waals surface area contributed by atoms with Crippen LogP contribution >= 0.6 is 0 Å². The monoisotopic (exact) mass is 520 g/mol. The number of aliphatic hydroxyl groups excluding tert-OH is 1. The van der Waals surface area contributed by atoms with E-state index < -0.39 is 17.7 Å². The number of hydrogen-bond acceptors (Lipinski definition) is 7. The number of aromatic nitrogens is 5. The van der Waals surface area contributed by atoms with Gasteiger partial charge in [-0.1, -0.05) is 13.8 Å².